The maximum Gasteiger partial charge on any atom is 0.311 e. The predicted molar refractivity (Wildman–Crippen MR) is 85.5 cm³/mol. The van der Waals surface area contributed by atoms with Crippen molar-refractivity contribution in [1.29, 1.82) is 0 Å². The van der Waals surface area contributed by atoms with E-state index in [1.165, 1.54) is 12.1 Å². The first-order valence-corrected chi connectivity index (χ1v) is 8.03. The average Bonchev–Trinajstić information content (AvgIpc) is 2.94. The van der Waals surface area contributed by atoms with Crippen LogP contribution in [0.4, 0.5) is 4.39 Å². The number of aliphatic carboxylic acids is 1. The summed E-state index contributed by atoms with van der Waals surface area (Å²) in [6, 6.07) is 6.26. The summed E-state index contributed by atoms with van der Waals surface area (Å²) in [5.74, 6) is -1.34. The van der Waals surface area contributed by atoms with E-state index in [0.717, 1.165) is 5.56 Å². The molecule has 0 bridgehead atoms. The van der Waals surface area contributed by atoms with Gasteiger partial charge in [0.05, 0.1) is 5.41 Å². The van der Waals surface area contributed by atoms with Crippen molar-refractivity contribution in [2.24, 2.45) is 11.3 Å². The zero-order valence-electron chi connectivity index (χ0n) is 13.9. The van der Waals surface area contributed by atoms with Crippen LogP contribution >= 0.6 is 0 Å². The Hall–Kier alpha value is -1.91. The Balaban J connectivity index is 2.03. The van der Waals surface area contributed by atoms with Gasteiger partial charge < -0.3 is 10.0 Å². The smallest absolute Gasteiger partial charge is 0.311 e. The quantitative estimate of drug-likeness (QED) is 0.905. The van der Waals surface area contributed by atoms with Gasteiger partial charge in [0.2, 0.25) is 5.91 Å². The number of hydrogen-bond donors (Lipinski definition) is 1. The van der Waals surface area contributed by atoms with Gasteiger partial charge in [0.1, 0.15) is 5.82 Å². The van der Waals surface area contributed by atoms with Crippen LogP contribution in [0.15, 0.2) is 24.3 Å². The Morgan fingerprint density at radius 1 is 1.35 bits per heavy atom. The molecule has 1 amide bonds. The van der Waals surface area contributed by atoms with Crippen LogP contribution in [0.3, 0.4) is 0 Å². The monoisotopic (exact) mass is 321 g/mol. The lowest BCUT2D eigenvalue weighted by molar-refractivity contribution is -0.151. The zero-order chi connectivity index (χ0) is 17.2. The number of benzene rings is 1. The second-order valence-corrected chi connectivity index (χ2v) is 6.84. The SMILES string of the molecule is CC(CC(=O)N1CCC(C(=O)O)(C(C)C)C1)c1cccc(F)c1. The number of likely N-dealkylation sites (tertiary alicyclic amines) is 1. The lowest BCUT2D eigenvalue weighted by Gasteiger charge is -2.29. The van der Waals surface area contributed by atoms with Gasteiger partial charge in [-0.25, -0.2) is 4.39 Å². The molecule has 0 saturated carbocycles. The van der Waals surface area contributed by atoms with Crippen molar-refractivity contribution >= 4 is 11.9 Å². The second-order valence-electron chi connectivity index (χ2n) is 6.84. The van der Waals surface area contributed by atoms with Gasteiger partial charge in [-0.15, -0.1) is 0 Å². The van der Waals surface area contributed by atoms with E-state index in [9.17, 15) is 19.1 Å². The van der Waals surface area contributed by atoms with Gasteiger partial charge in [-0.2, -0.15) is 0 Å². The number of rotatable bonds is 5. The van der Waals surface area contributed by atoms with Gasteiger partial charge in [0.25, 0.3) is 0 Å². The molecule has 2 rings (SSSR count). The topological polar surface area (TPSA) is 57.6 Å². The van der Waals surface area contributed by atoms with Gasteiger partial charge in [0, 0.05) is 19.5 Å². The Bertz CT molecular complexity index is 602. The summed E-state index contributed by atoms with van der Waals surface area (Å²) in [4.78, 5) is 25.8. The van der Waals surface area contributed by atoms with Gasteiger partial charge in [0.15, 0.2) is 0 Å². The Kier molecular flexibility index (Phi) is 5.07. The summed E-state index contributed by atoms with van der Waals surface area (Å²) in [6.45, 7) is 6.39. The number of carboxylic acids is 1. The summed E-state index contributed by atoms with van der Waals surface area (Å²) in [5, 5.41) is 9.54. The lowest BCUT2D eigenvalue weighted by Crippen LogP contribution is -2.40. The van der Waals surface area contributed by atoms with Crippen LogP contribution in [0.2, 0.25) is 0 Å². The molecule has 2 atom stereocenters. The fourth-order valence-corrected chi connectivity index (χ4v) is 3.26. The zero-order valence-corrected chi connectivity index (χ0v) is 13.9. The van der Waals surface area contributed by atoms with Crippen LogP contribution in [-0.4, -0.2) is 35.0 Å². The third kappa shape index (κ3) is 3.54. The van der Waals surface area contributed by atoms with Gasteiger partial charge >= 0.3 is 5.97 Å². The molecule has 2 unspecified atom stereocenters. The first-order valence-electron chi connectivity index (χ1n) is 8.03. The highest BCUT2D eigenvalue weighted by Crippen LogP contribution is 2.38. The van der Waals surface area contributed by atoms with Crippen molar-refractivity contribution in [3.05, 3.63) is 35.6 Å². The van der Waals surface area contributed by atoms with Crippen molar-refractivity contribution in [2.45, 2.75) is 39.5 Å². The Labute approximate surface area is 136 Å². The number of carbonyl (C=O) groups is 2. The molecule has 1 N–H and O–H groups in total. The molecule has 0 aliphatic carbocycles. The molecule has 0 spiro atoms. The summed E-state index contributed by atoms with van der Waals surface area (Å²) >= 11 is 0. The minimum Gasteiger partial charge on any atom is -0.481 e. The number of halogens is 1. The van der Waals surface area contributed by atoms with Crippen LogP contribution < -0.4 is 0 Å². The Morgan fingerprint density at radius 2 is 2.04 bits per heavy atom. The Morgan fingerprint density at radius 3 is 2.57 bits per heavy atom. The molecule has 1 aromatic carbocycles. The molecule has 23 heavy (non-hydrogen) atoms. The highest BCUT2D eigenvalue weighted by Gasteiger charge is 2.48. The maximum atomic E-state index is 13.3. The highest BCUT2D eigenvalue weighted by molar-refractivity contribution is 5.81. The van der Waals surface area contributed by atoms with E-state index in [-0.39, 0.29) is 36.5 Å². The molecule has 1 aliphatic heterocycles. The third-order valence-corrected chi connectivity index (χ3v) is 5.08. The molecule has 0 radical (unpaired) electrons. The molecular formula is C18H24FNO3. The molecule has 1 aliphatic rings. The van der Waals surface area contributed by atoms with Crippen LogP contribution in [0.1, 0.15) is 45.1 Å². The summed E-state index contributed by atoms with van der Waals surface area (Å²) < 4.78 is 13.3. The van der Waals surface area contributed by atoms with Gasteiger partial charge in [-0.3, -0.25) is 9.59 Å². The molecule has 126 valence electrons. The van der Waals surface area contributed by atoms with E-state index in [4.69, 9.17) is 0 Å². The van der Waals surface area contributed by atoms with Crippen molar-refractivity contribution in [1.82, 2.24) is 4.90 Å². The molecule has 4 nitrogen and oxygen atoms in total. The summed E-state index contributed by atoms with van der Waals surface area (Å²) in [7, 11) is 0. The molecule has 1 saturated heterocycles. The fraction of sp³-hybridized carbons (Fsp3) is 0.556. The van der Waals surface area contributed by atoms with E-state index in [1.54, 1.807) is 17.0 Å². The average molecular weight is 321 g/mol. The fourth-order valence-electron chi connectivity index (χ4n) is 3.26. The van der Waals surface area contributed by atoms with Crippen LogP contribution in [0.5, 0.6) is 0 Å². The molecule has 0 aromatic heterocycles. The lowest BCUT2D eigenvalue weighted by atomic mass is 9.76. The van der Waals surface area contributed by atoms with E-state index >= 15 is 0 Å². The minimum absolute atomic E-state index is 0.0292. The van der Waals surface area contributed by atoms with Crippen molar-refractivity contribution in [2.75, 3.05) is 13.1 Å². The van der Waals surface area contributed by atoms with Gasteiger partial charge in [-0.05, 0) is 36.0 Å². The predicted octanol–water partition coefficient (Wildman–Crippen LogP) is 3.28. The van der Waals surface area contributed by atoms with Crippen LogP contribution in [0, 0.1) is 17.2 Å². The first kappa shape index (κ1) is 17.4. The minimum atomic E-state index is -0.849. The summed E-state index contributed by atoms with van der Waals surface area (Å²) in [5.41, 5.74) is -0.0662. The number of amides is 1. The molecule has 1 fully saturated rings. The third-order valence-electron chi connectivity index (χ3n) is 5.08. The standard InChI is InChI=1S/C18H24FNO3/c1-12(2)18(17(22)23)7-8-20(11-18)16(21)9-13(3)14-5-4-6-15(19)10-14/h4-6,10,12-13H,7-9,11H2,1-3H3,(H,22,23). The van der Waals surface area contributed by atoms with E-state index in [0.29, 0.717) is 13.0 Å². The number of carbonyl (C=O) groups excluding carboxylic acids is 1. The first-order chi connectivity index (χ1) is 10.8. The van der Waals surface area contributed by atoms with Crippen LogP contribution in [0.25, 0.3) is 0 Å². The van der Waals surface area contributed by atoms with E-state index < -0.39 is 11.4 Å². The number of nitrogens with zero attached hydrogens (tertiary/aromatic N) is 1. The normalized spacial score (nSPS) is 22.4. The molecule has 1 heterocycles. The summed E-state index contributed by atoms with van der Waals surface area (Å²) in [6.07, 6.45) is 0.747. The molecule has 1 aromatic rings. The van der Waals surface area contributed by atoms with Crippen LogP contribution in [-0.2, 0) is 9.59 Å². The van der Waals surface area contributed by atoms with E-state index in [2.05, 4.69) is 0 Å². The maximum absolute atomic E-state index is 13.3. The van der Waals surface area contributed by atoms with Gasteiger partial charge in [-0.1, -0.05) is 32.9 Å². The number of carboxylic acid groups (broad SMARTS) is 1. The highest BCUT2D eigenvalue weighted by atomic mass is 19.1. The van der Waals surface area contributed by atoms with Crippen molar-refractivity contribution in [3.63, 3.8) is 0 Å². The van der Waals surface area contributed by atoms with Crippen molar-refractivity contribution in [3.8, 4) is 0 Å². The van der Waals surface area contributed by atoms with Crippen molar-refractivity contribution < 1.29 is 19.1 Å². The van der Waals surface area contributed by atoms with E-state index in [1.807, 2.05) is 20.8 Å². The molecule has 5 heteroatoms. The second kappa shape index (κ2) is 6.69. The largest absolute Gasteiger partial charge is 0.481 e. The molecular weight excluding hydrogens is 297 g/mol. The number of hydrogen-bond acceptors (Lipinski definition) is 2.